The maximum atomic E-state index is 11.6. The maximum Gasteiger partial charge on any atom is 0.225 e. The fourth-order valence-electron chi connectivity index (χ4n) is 2.85. The van der Waals surface area contributed by atoms with E-state index in [0.717, 1.165) is 19.5 Å². The second-order valence-electron chi connectivity index (χ2n) is 6.76. The van der Waals surface area contributed by atoms with Crippen LogP contribution in [0.3, 0.4) is 0 Å². The summed E-state index contributed by atoms with van der Waals surface area (Å²) in [4.78, 5) is 13.9. The summed E-state index contributed by atoms with van der Waals surface area (Å²) in [6, 6.07) is 6.98. The van der Waals surface area contributed by atoms with Crippen molar-refractivity contribution in [3.05, 3.63) is 29.3 Å². The molecule has 0 aliphatic carbocycles. The zero-order chi connectivity index (χ0) is 15.6. The van der Waals surface area contributed by atoms with Gasteiger partial charge in [0.2, 0.25) is 5.91 Å². The van der Waals surface area contributed by atoms with E-state index < -0.39 is 5.41 Å². The van der Waals surface area contributed by atoms with Gasteiger partial charge in [-0.1, -0.05) is 31.5 Å². The number of benzene rings is 1. The lowest BCUT2D eigenvalue weighted by Gasteiger charge is -2.25. The number of rotatable bonds is 5. The average Bonchev–Trinajstić information content (AvgIpc) is 2.80. The molecule has 1 atom stereocenters. The molecule has 1 aliphatic rings. The Bertz CT molecular complexity index is 527. The summed E-state index contributed by atoms with van der Waals surface area (Å²) < 4.78 is 0. The zero-order valence-corrected chi connectivity index (χ0v) is 13.6. The SMILES string of the molecule is Cc1ccc(N2CCC(C)(C(N)=O)C2)c(CNC(C)C)c1. The van der Waals surface area contributed by atoms with E-state index in [9.17, 15) is 4.79 Å². The number of anilines is 1. The van der Waals surface area contributed by atoms with Crippen molar-refractivity contribution in [3.63, 3.8) is 0 Å². The van der Waals surface area contributed by atoms with Gasteiger partial charge < -0.3 is 16.0 Å². The molecule has 2 rings (SSSR count). The van der Waals surface area contributed by atoms with E-state index in [-0.39, 0.29) is 5.91 Å². The van der Waals surface area contributed by atoms with E-state index >= 15 is 0 Å². The molecule has 1 aliphatic heterocycles. The molecule has 1 aromatic carbocycles. The zero-order valence-electron chi connectivity index (χ0n) is 13.6. The van der Waals surface area contributed by atoms with Crippen LogP contribution in [0.2, 0.25) is 0 Å². The molecule has 3 N–H and O–H groups in total. The largest absolute Gasteiger partial charge is 0.370 e. The third-order valence-electron chi connectivity index (χ3n) is 4.34. The van der Waals surface area contributed by atoms with E-state index in [0.29, 0.717) is 12.6 Å². The molecule has 116 valence electrons. The minimum atomic E-state index is -0.409. The predicted molar refractivity (Wildman–Crippen MR) is 87.3 cm³/mol. The van der Waals surface area contributed by atoms with Crippen LogP contribution in [0.1, 0.15) is 38.3 Å². The van der Waals surface area contributed by atoms with Crippen molar-refractivity contribution in [2.24, 2.45) is 11.1 Å². The van der Waals surface area contributed by atoms with Crippen LogP contribution in [-0.4, -0.2) is 25.0 Å². The Morgan fingerprint density at radius 2 is 2.19 bits per heavy atom. The third-order valence-corrected chi connectivity index (χ3v) is 4.34. The Kier molecular flexibility index (Phi) is 4.57. The van der Waals surface area contributed by atoms with Crippen molar-refractivity contribution < 1.29 is 4.79 Å². The number of hydrogen-bond acceptors (Lipinski definition) is 3. The highest BCUT2D eigenvalue weighted by Crippen LogP contribution is 2.34. The first kappa shape index (κ1) is 15.8. The minimum Gasteiger partial charge on any atom is -0.370 e. The molecule has 0 aromatic heterocycles. The van der Waals surface area contributed by atoms with Gasteiger partial charge in [-0.05, 0) is 31.9 Å². The lowest BCUT2D eigenvalue weighted by atomic mass is 9.89. The number of nitrogens with one attached hydrogen (secondary N) is 1. The Balaban J connectivity index is 2.22. The summed E-state index contributed by atoms with van der Waals surface area (Å²) in [5.41, 5.74) is 8.92. The van der Waals surface area contributed by atoms with Gasteiger partial charge in [0.1, 0.15) is 0 Å². The number of carbonyl (C=O) groups is 1. The molecule has 1 heterocycles. The number of amides is 1. The summed E-state index contributed by atoms with van der Waals surface area (Å²) >= 11 is 0. The first-order valence-electron chi connectivity index (χ1n) is 7.69. The maximum absolute atomic E-state index is 11.6. The monoisotopic (exact) mass is 289 g/mol. The average molecular weight is 289 g/mol. The van der Waals surface area contributed by atoms with Crippen LogP contribution in [0, 0.1) is 12.3 Å². The van der Waals surface area contributed by atoms with Gasteiger partial charge in [0, 0.05) is 31.4 Å². The highest BCUT2D eigenvalue weighted by Gasteiger charge is 2.39. The van der Waals surface area contributed by atoms with Crippen LogP contribution in [-0.2, 0) is 11.3 Å². The number of carbonyl (C=O) groups excluding carboxylic acids is 1. The van der Waals surface area contributed by atoms with Crippen LogP contribution in [0.4, 0.5) is 5.69 Å². The quantitative estimate of drug-likeness (QED) is 0.873. The van der Waals surface area contributed by atoms with Gasteiger partial charge in [0.25, 0.3) is 0 Å². The summed E-state index contributed by atoms with van der Waals surface area (Å²) in [7, 11) is 0. The molecule has 1 aromatic rings. The molecule has 0 bridgehead atoms. The molecule has 1 unspecified atom stereocenters. The smallest absolute Gasteiger partial charge is 0.225 e. The van der Waals surface area contributed by atoms with Crippen LogP contribution in [0.15, 0.2) is 18.2 Å². The van der Waals surface area contributed by atoms with Crippen LogP contribution in [0.25, 0.3) is 0 Å². The number of nitrogens with two attached hydrogens (primary N) is 1. The van der Waals surface area contributed by atoms with Gasteiger partial charge in [0.15, 0.2) is 0 Å². The fraction of sp³-hybridized carbons (Fsp3) is 0.588. The first-order valence-corrected chi connectivity index (χ1v) is 7.69. The lowest BCUT2D eigenvalue weighted by Crippen LogP contribution is -2.37. The van der Waals surface area contributed by atoms with Crippen LogP contribution < -0.4 is 16.0 Å². The van der Waals surface area contributed by atoms with Crippen molar-refractivity contribution in [2.45, 2.75) is 46.7 Å². The van der Waals surface area contributed by atoms with Gasteiger partial charge in [-0.25, -0.2) is 0 Å². The molecule has 1 amide bonds. The van der Waals surface area contributed by atoms with Crippen molar-refractivity contribution in [3.8, 4) is 0 Å². The highest BCUT2D eigenvalue weighted by atomic mass is 16.1. The molecule has 1 fully saturated rings. The molecule has 0 saturated carbocycles. The normalized spacial score (nSPS) is 22.0. The molecule has 21 heavy (non-hydrogen) atoms. The van der Waals surface area contributed by atoms with E-state index in [1.807, 2.05) is 6.92 Å². The predicted octanol–water partition coefficient (Wildman–Crippen LogP) is 2.19. The number of hydrogen-bond donors (Lipinski definition) is 2. The highest BCUT2D eigenvalue weighted by molar-refractivity contribution is 5.82. The summed E-state index contributed by atoms with van der Waals surface area (Å²) in [5, 5.41) is 3.48. The number of nitrogens with zero attached hydrogens (tertiary/aromatic N) is 1. The fourth-order valence-corrected chi connectivity index (χ4v) is 2.85. The molecule has 0 spiro atoms. The van der Waals surface area contributed by atoms with Crippen molar-refractivity contribution in [1.29, 1.82) is 0 Å². The Morgan fingerprint density at radius 1 is 1.48 bits per heavy atom. The summed E-state index contributed by atoms with van der Waals surface area (Å²) in [5.74, 6) is -0.195. The first-order chi connectivity index (χ1) is 9.82. The Hall–Kier alpha value is -1.55. The van der Waals surface area contributed by atoms with Gasteiger partial charge >= 0.3 is 0 Å². The van der Waals surface area contributed by atoms with Gasteiger partial charge in [-0.2, -0.15) is 0 Å². The van der Waals surface area contributed by atoms with Gasteiger partial charge in [-0.15, -0.1) is 0 Å². The Labute approximate surface area is 127 Å². The molecular formula is C17H27N3O. The summed E-state index contributed by atoms with van der Waals surface area (Å²) in [6.45, 7) is 10.8. The molecule has 4 heteroatoms. The lowest BCUT2D eigenvalue weighted by molar-refractivity contribution is -0.125. The van der Waals surface area contributed by atoms with Crippen LogP contribution in [0.5, 0.6) is 0 Å². The van der Waals surface area contributed by atoms with Crippen molar-refractivity contribution in [2.75, 3.05) is 18.0 Å². The van der Waals surface area contributed by atoms with E-state index in [1.54, 1.807) is 0 Å². The summed E-state index contributed by atoms with van der Waals surface area (Å²) in [6.07, 6.45) is 0.827. The third kappa shape index (κ3) is 3.56. The molecule has 4 nitrogen and oxygen atoms in total. The van der Waals surface area contributed by atoms with Crippen molar-refractivity contribution in [1.82, 2.24) is 5.32 Å². The minimum absolute atomic E-state index is 0.195. The van der Waals surface area contributed by atoms with Crippen LogP contribution >= 0.6 is 0 Å². The van der Waals surface area contributed by atoms with Gasteiger partial charge in [-0.3, -0.25) is 4.79 Å². The van der Waals surface area contributed by atoms with Gasteiger partial charge in [0.05, 0.1) is 5.41 Å². The number of aryl methyl sites for hydroxylation is 1. The molecule has 0 radical (unpaired) electrons. The second kappa shape index (κ2) is 6.06. The second-order valence-corrected chi connectivity index (χ2v) is 6.76. The molecular weight excluding hydrogens is 262 g/mol. The Morgan fingerprint density at radius 3 is 2.76 bits per heavy atom. The molecule has 1 saturated heterocycles. The van der Waals surface area contributed by atoms with Crippen molar-refractivity contribution >= 4 is 11.6 Å². The van der Waals surface area contributed by atoms with E-state index in [1.165, 1.54) is 16.8 Å². The van der Waals surface area contributed by atoms with E-state index in [4.69, 9.17) is 5.73 Å². The topological polar surface area (TPSA) is 58.4 Å². The van der Waals surface area contributed by atoms with E-state index in [2.05, 4.69) is 49.2 Å². The number of primary amides is 1. The standard InChI is InChI=1S/C17H27N3O/c1-12(2)19-10-14-9-13(3)5-6-15(14)20-8-7-17(4,11-20)16(18)21/h5-6,9,12,19H,7-8,10-11H2,1-4H3,(H2,18,21).